The van der Waals surface area contributed by atoms with Crippen molar-refractivity contribution >= 4 is 18.9 Å². The molecule has 0 spiro atoms. The van der Waals surface area contributed by atoms with Crippen LogP contribution in [0.1, 0.15) is 0 Å². The molecular formula is C7H6NSe+. The zero-order valence-electron chi connectivity index (χ0n) is 4.82. The molecule has 0 N–H and O–H groups in total. The van der Waals surface area contributed by atoms with Gasteiger partial charge in [-0.3, -0.25) is 0 Å². The molecule has 2 aromatic heterocycles. The molecule has 0 aromatic carbocycles. The Labute approximate surface area is 59.3 Å². The molecule has 0 saturated heterocycles. The van der Waals surface area contributed by atoms with Crippen LogP contribution in [0.3, 0.4) is 0 Å². The van der Waals surface area contributed by atoms with Gasteiger partial charge in [0.05, 0.1) is 0 Å². The van der Waals surface area contributed by atoms with Gasteiger partial charge in [-0.1, -0.05) is 0 Å². The molecule has 0 aliphatic heterocycles. The number of fused-ring (bicyclic) bond motifs is 1. The van der Waals surface area contributed by atoms with E-state index in [2.05, 4.69) is 39.9 Å². The maximum absolute atomic E-state index is 2.22. The number of aromatic nitrogens is 1. The van der Waals surface area contributed by atoms with Gasteiger partial charge in [-0.05, 0) is 0 Å². The van der Waals surface area contributed by atoms with Crippen molar-refractivity contribution in [3.8, 4) is 0 Å². The van der Waals surface area contributed by atoms with Crippen LogP contribution in [0.4, 0.5) is 0 Å². The fourth-order valence-corrected chi connectivity index (χ4v) is 2.36. The van der Waals surface area contributed by atoms with Crippen LogP contribution < -0.4 is 4.40 Å². The molecule has 0 bridgehead atoms. The molecule has 2 rings (SSSR count). The van der Waals surface area contributed by atoms with E-state index in [1.807, 2.05) is 0 Å². The van der Waals surface area contributed by atoms with Crippen LogP contribution in [-0.2, 0) is 0 Å². The fourth-order valence-electron chi connectivity index (χ4n) is 0.829. The van der Waals surface area contributed by atoms with Crippen molar-refractivity contribution in [3.05, 3.63) is 35.5 Å². The predicted molar refractivity (Wildman–Crippen MR) is 36.5 cm³/mol. The molecule has 44 valence electrons. The van der Waals surface area contributed by atoms with Gasteiger partial charge in [0.15, 0.2) is 0 Å². The number of nitrogens with zero attached hydrogens (tertiary/aromatic N) is 1. The van der Waals surface area contributed by atoms with E-state index < -0.39 is 0 Å². The first-order valence-electron chi connectivity index (χ1n) is 2.80. The van der Waals surface area contributed by atoms with Gasteiger partial charge in [-0.15, -0.1) is 0 Å². The van der Waals surface area contributed by atoms with Gasteiger partial charge < -0.3 is 0 Å². The van der Waals surface area contributed by atoms with E-state index >= 15 is 0 Å². The first-order valence-corrected chi connectivity index (χ1v) is 4.65. The summed E-state index contributed by atoms with van der Waals surface area (Å²) in [5.74, 6) is 0. The third kappa shape index (κ3) is 0.805. The van der Waals surface area contributed by atoms with Crippen molar-refractivity contribution < 1.29 is 4.40 Å². The van der Waals surface area contributed by atoms with Gasteiger partial charge in [-0.25, -0.2) is 0 Å². The molecule has 0 unspecified atom stereocenters. The van der Waals surface area contributed by atoms with E-state index in [1.165, 1.54) is 4.39 Å². The topological polar surface area (TPSA) is 4.10 Å². The molecule has 0 aliphatic rings. The third-order valence-corrected chi connectivity index (χ3v) is 3.04. The fraction of sp³-hybridized carbons (Fsp3) is 0. The van der Waals surface area contributed by atoms with Crippen molar-refractivity contribution in [1.29, 1.82) is 0 Å². The van der Waals surface area contributed by atoms with Crippen molar-refractivity contribution in [2.45, 2.75) is 0 Å². The second kappa shape index (κ2) is 1.98. The summed E-state index contributed by atoms with van der Waals surface area (Å²) in [5.41, 5.74) is 0. The Kier molecular flexibility index (Phi) is 1.15. The van der Waals surface area contributed by atoms with Crippen LogP contribution in [0.5, 0.6) is 0 Å². The van der Waals surface area contributed by atoms with Crippen LogP contribution >= 0.6 is 0 Å². The standard InChI is InChI=1S/C7H6NSe/c1-2-4-8-5-6-9-7(8)3-1/h1-6H/q+1. The molecule has 2 heteroatoms. The molecule has 0 atom stereocenters. The van der Waals surface area contributed by atoms with E-state index in [0.29, 0.717) is 14.5 Å². The Balaban J connectivity index is 2.95. The monoisotopic (exact) mass is 184 g/mol. The van der Waals surface area contributed by atoms with E-state index in [9.17, 15) is 0 Å². The van der Waals surface area contributed by atoms with Crippen LogP contribution in [-0.4, -0.2) is 14.5 Å². The molecule has 0 saturated carbocycles. The first-order chi connectivity index (χ1) is 4.47. The zero-order chi connectivity index (χ0) is 6.10. The van der Waals surface area contributed by atoms with Crippen molar-refractivity contribution in [2.24, 2.45) is 0 Å². The van der Waals surface area contributed by atoms with Crippen LogP contribution in [0.15, 0.2) is 35.5 Å². The molecular weight excluding hydrogens is 177 g/mol. The average molecular weight is 183 g/mol. The SMILES string of the molecule is c1cc[n+]2cc[se]c2c1. The quantitative estimate of drug-likeness (QED) is 0.413. The van der Waals surface area contributed by atoms with E-state index in [-0.39, 0.29) is 0 Å². The van der Waals surface area contributed by atoms with Gasteiger partial charge in [0.25, 0.3) is 0 Å². The zero-order valence-corrected chi connectivity index (χ0v) is 6.53. The first kappa shape index (κ1) is 5.21. The average Bonchev–Trinajstić information content (AvgIpc) is 2.33. The molecule has 0 radical (unpaired) electrons. The van der Waals surface area contributed by atoms with E-state index in [1.54, 1.807) is 0 Å². The molecule has 0 fully saturated rings. The Morgan fingerprint density at radius 1 is 1.22 bits per heavy atom. The van der Waals surface area contributed by atoms with Gasteiger partial charge in [0, 0.05) is 0 Å². The summed E-state index contributed by atoms with van der Waals surface area (Å²) < 4.78 is 3.60. The van der Waals surface area contributed by atoms with Crippen LogP contribution in [0.25, 0.3) is 4.39 Å². The third-order valence-electron chi connectivity index (χ3n) is 1.26. The molecule has 0 aliphatic carbocycles. The minimum absolute atomic E-state index is 0.585. The van der Waals surface area contributed by atoms with Crippen molar-refractivity contribution in [3.63, 3.8) is 0 Å². The molecule has 9 heavy (non-hydrogen) atoms. The van der Waals surface area contributed by atoms with Crippen molar-refractivity contribution in [1.82, 2.24) is 0 Å². The summed E-state index contributed by atoms with van der Waals surface area (Å²) >= 11 is 0.585. The second-order valence-electron chi connectivity index (χ2n) is 1.85. The van der Waals surface area contributed by atoms with Crippen LogP contribution in [0, 0.1) is 0 Å². The number of hydrogen-bond acceptors (Lipinski definition) is 0. The summed E-state index contributed by atoms with van der Waals surface area (Å²) in [7, 11) is 0. The van der Waals surface area contributed by atoms with E-state index in [4.69, 9.17) is 0 Å². The molecule has 2 aromatic rings. The Morgan fingerprint density at radius 2 is 2.22 bits per heavy atom. The number of rotatable bonds is 0. The summed E-state index contributed by atoms with van der Waals surface area (Å²) in [4.78, 5) is 2.22. The summed E-state index contributed by atoms with van der Waals surface area (Å²) in [6.07, 6.45) is 4.20. The predicted octanol–water partition coefficient (Wildman–Crippen LogP) is 0.482. The minimum atomic E-state index is 0.585. The number of hydrogen-bond donors (Lipinski definition) is 0. The Morgan fingerprint density at radius 3 is 3.11 bits per heavy atom. The van der Waals surface area contributed by atoms with Gasteiger partial charge in [-0.2, -0.15) is 0 Å². The number of pyridine rings is 1. The van der Waals surface area contributed by atoms with E-state index in [0.717, 1.165) is 0 Å². The van der Waals surface area contributed by atoms with Gasteiger partial charge >= 0.3 is 58.8 Å². The Bertz CT molecular complexity index is 283. The summed E-state index contributed by atoms with van der Waals surface area (Å²) in [5, 5.41) is 0. The van der Waals surface area contributed by atoms with Gasteiger partial charge in [0.2, 0.25) is 0 Å². The molecule has 2 heterocycles. The summed E-state index contributed by atoms with van der Waals surface area (Å²) in [6, 6.07) is 6.30. The molecule has 0 amide bonds. The summed E-state index contributed by atoms with van der Waals surface area (Å²) in [6.45, 7) is 0. The van der Waals surface area contributed by atoms with Gasteiger partial charge in [0.1, 0.15) is 0 Å². The maximum atomic E-state index is 2.22. The normalized spacial score (nSPS) is 10.2. The van der Waals surface area contributed by atoms with Crippen LogP contribution in [0.2, 0.25) is 0 Å². The van der Waals surface area contributed by atoms with Crippen molar-refractivity contribution in [2.75, 3.05) is 0 Å². The molecule has 1 nitrogen and oxygen atoms in total. The Hall–Kier alpha value is -0.591. The second-order valence-corrected chi connectivity index (χ2v) is 3.79.